The lowest BCUT2D eigenvalue weighted by Gasteiger charge is -2.09. The van der Waals surface area contributed by atoms with E-state index in [-0.39, 0.29) is 6.54 Å². The molecule has 0 atom stereocenters. The topological polar surface area (TPSA) is 125 Å². The molecule has 3 aromatic heterocycles. The number of pyridine rings is 2. The van der Waals surface area contributed by atoms with Gasteiger partial charge in [0.2, 0.25) is 0 Å². The SMILES string of the molecule is O=C(O)NCCNc1cc(-c2cccc(Nc3cnccn3)n2)ccn1. The molecule has 0 aliphatic heterocycles. The highest BCUT2D eigenvalue weighted by Crippen LogP contribution is 2.21. The van der Waals surface area contributed by atoms with E-state index >= 15 is 0 Å². The first-order chi connectivity index (χ1) is 12.7. The minimum absolute atomic E-state index is 0.289. The molecule has 26 heavy (non-hydrogen) atoms. The maximum Gasteiger partial charge on any atom is 0.404 e. The van der Waals surface area contributed by atoms with E-state index in [2.05, 4.69) is 35.9 Å². The van der Waals surface area contributed by atoms with E-state index < -0.39 is 6.09 Å². The van der Waals surface area contributed by atoms with Crippen LogP contribution in [0.25, 0.3) is 11.3 Å². The summed E-state index contributed by atoms with van der Waals surface area (Å²) in [4.78, 5) is 27.4. The summed E-state index contributed by atoms with van der Waals surface area (Å²) in [6, 6.07) is 9.35. The van der Waals surface area contributed by atoms with Crippen molar-refractivity contribution in [2.45, 2.75) is 0 Å². The molecule has 0 aliphatic rings. The lowest BCUT2D eigenvalue weighted by molar-refractivity contribution is 0.195. The Kier molecular flexibility index (Phi) is 5.51. The van der Waals surface area contributed by atoms with E-state index in [1.165, 1.54) is 0 Å². The molecule has 4 N–H and O–H groups in total. The van der Waals surface area contributed by atoms with Crippen molar-refractivity contribution in [1.82, 2.24) is 25.3 Å². The van der Waals surface area contributed by atoms with Crippen LogP contribution in [0.1, 0.15) is 0 Å². The maximum absolute atomic E-state index is 10.4. The van der Waals surface area contributed by atoms with E-state index in [4.69, 9.17) is 5.11 Å². The third-order valence-electron chi connectivity index (χ3n) is 3.33. The molecule has 0 radical (unpaired) electrons. The Labute approximate surface area is 149 Å². The van der Waals surface area contributed by atoms with Crippen molar-refractivity contribution in [1.29, 1.82) is 0 Å². The van der Waals surface area contributed by atoms with Crippen LogP contribution < -0.4 is 16.0 Å². The molecule has 0 unspecified atom stereocenters. The number of aromatic nitrogens is 4. The zero-order valence-corrected chi connectivity index (χ0v) is 13.8. The fraction of sp³-hybridized carbons (Fsp3) is 0.118. The molecule has 0 saturated heterocycles. The third kappa shape index (κ3) is 4.87. The minimum atomic E-state index is -1.05. The molecule has 9 heteroatoms. The molecule has 0 fully saturated rings. The number of hydrogen-bond acceptors (Lipinski definition) is 7. The number of nitrogens with zero attached hydrogens (tertiary/aromatic N) is 4. The summed E-state index contributed by atoms with van der Waals surface area (Å²) < 4.78 is 0. The van der Waals surface area contributed by atoms with Gasteiger partial charge in [0, 0.05) is 37.2 Å². The van der Waals surface area contributed by atoms with Gasteiger partial charge in [0.15, 0.2) is 0 Å². The predicted molar refractivity (Wildman–Crippen MR) is 97.3 cm³/mol. The van der Waals surface area contributed by atoms with Crippen molar-refractivity contribution in [3.05, 3.63) is 55.1 Å². The number of anilines is 3. The highest BCUT2D eigenvalue weighted by atomic mass is 16.4. The van der Waals surface area contributed by atoms with Gasteiger partial charge in [0.25, 0.3) is 0 Å². The fourth-order valence-corrected chi connectivity index (χ4v) is 2.21. The molecular formula is C17H17N7O2. The zero-order chi connectivity index (χ0) is 18.2. The summed E-state index contributed by atoms with van der Waals surface area (Å²) in [7, 11) is 0. The quantitative estimate of drug-likeness (QED) is 0.478. The van der Waals surface area contributed by atoms with Crippen LogP contribution in [0.5, 0.6) is 0 Å². The molecule has 0 spiro atoms. The zero-order valence-electron chi connectivity index (χ0n) is 13.8. The van der Waals surface area contributed by atoms with E-state index in [0.29, 0.717) is 24.0 Å². The Morgan fingerprint density at radius 2 is 1.88 bits per heavy atom. The van der Waals surface area contributed by atoms with Crippen LogP contribution in [0.15, 0.2) is 55.1 Å². The van der Waals surface area contributed by atoms with Crippen LogP contribution in [0, 0.1) is 0 Å². The third-order valence-corrected chi connectivity index (χ3v) is 3.33. The average molecular weight is 351 g/mol. The molecule has 9 nitrogen and oxygen atoms in total. The van der Waals surface area contributed by atoms with Gasteiger partial charge in [-0.15, -0.1) is 0 Å². The van der Waals surface area contributed by atoms with Crippen LogP contribution in [0.4, 0.5) is 22.2 Å². The van der Waals surface area contributed by atoms with Gasteiger partial charge in [-0.2, -0.15) is 0 Å². The Bertz CT molecular complexity index is 874. The lowest BCUT2D eigenvalue weighted by atomic mass is 10.1. The molecule has 3 aromatic rings. The predicted octanol–water partition coefficient (Wildman–Crippen LogP) is 2.36. The first-order valence-corrected chi connectivity index (χ1v) is 7.88. The van der Waals surface area contributed by atoms with Gasteiger partial charge in [-0.3, -0.25) is 4.98 Å². The molecule has 0 aliphatic carbocycles. The Balaban J connectivity index is 1.69. The van der Waals surface area contributed by atoms with Crippen molar-refractivity contribution in [2.24, 2.45) is 0 Å². The molecule has 1 amide bonds. The minimum Gasteiger partial charge on any atom is -0.465 e. The Hall–Kier alpha value is -3.75. The van der Waals surface area contributed by atoms with Crippen molar-refractivity contribution in [2.75, 3.05) is 23.7 Å². The first-order valence-electron chi connectivity index (χ1n) is 7.88. The second-order valence-corrected chi connectivity index (χ2v) is 5.21. The number of amides is 1. The number of nitrogens with one attached hydrogen (secondary N) is 3. The number of carbonyl (C=O) groups is 1. The van der Waals surface area contributed by atoms with Crippen molar-refractivity contribution in [3.63, 3.8) is 0 Å². The molecule has 0 bridgehead atoms. The maximum atomic E-state index is 10.4. The van der Waals surface area contributed by atoms with Gasteiger partial charge in [0.05, 0.1) is 11.9 Å². The smallest absolute Gasteiger partial charge is 0.404 e. The first kappa shape index (κ1) is 17.1. The number of carboxylic acid groups (broad SMARTS) is 1. The molecular weight excluding hydrogens is 334 g/mol. The summed E-state index contributed by atoms with van der Waals surface area (Å²) in [6.07, 6.45) is 5.45. The van der Waals surface area contributed by atoms with Crippen molar-refractivity contribution >= 4 is 23.5 Å². The van der Waals surface area contributed by atoms with Gasteiger partial charge < -0.3 is 21.1 Å². The lowest BCUT2D eigenvalue weighted by Crippen LogP contribution is -2.27. The standard InChI is InChI=1S/C17H17N7O2/c25-17(26)22-9-8-20-15-10-12(4-5-19-15)13-2-1-3-14(23-13)24-16-11-18-6-7-21-16/h1-7,10-11,22H,8-9H2,(H,19,20)(H,25,26)(H,21,23,24). The van der Waals surface area contributed by atoms with Crippen LogP contribution in [-0.4, -0.2) is 44.2 Å². The van der Waals surface area contributed by atoms with E-state index in [0.717, 1.165) is 11.3 Å². The van der Waals surface area contributed by atoms with Crippen molar-refractivity contribution in [3.8, 4) is 11.3 Å². The van der Waals surface area contributed by atoms with Crippen LogP contribution in [0.2, 0.25) is 0 Å². The second-order valence-electron chi connectivity index (χ2n) is 5.21. The van der Waals surface area contributed by atoms with Gasteiger partial charge in [-0.05, 0) is 24.3 Å². The van der Waals surface area contributed by atoms with E-state index in [1.54, 1.807) is 24.8 Å². The van der Waals surface area contributed by atoms with E-state index in [1.807, 2.05) is 30.3 Å². The van der Waals surface area contributed by atoms with Crippen LogP contribution >= 0.6 is 0 Å². The van der Waals surface area contributed by atoms with Gasteiger partial charge in [-0.1, -0.05) is 6.07 Å². The fourth-order valence-electron chi connectivity index (χ4n) is 2.21. The highest BCUT2D eigenvalue weighted by Gasteiger charge is 2.04. The molecule has 3 rings (SSSR count). The normalized spacial score (nSPS) is 10.2. The summed E-state index contributed by atoms with van der Waals surface area (Å²) >= 11 is 0. The Morgan fingerprint density at radius 1 is 1.00 bits per heavy atom. The second kappa shape index (κ2) is 8.38. The molecule has 0 aromatic carbocycles. The number of hydrogen-bond donors (Lipinski definition) is 4. The summed E-state index contributed by atoms with van der Waals surface area (Å²) in [6.45, 7) is 0.724. The summed E-state index contributed by atoms with van der Waals surface area (Å²) in [5, 5.41) is 17.0. The largest absolute Gasteiger partial charge is 0.465 e. The van der Waals surface area contributed by atoms with Gasteiger partial charge in [-0.25, -0.2) is 19.7 Å². The van der Waals surface area contributed by atoms with Crippen LogP contribution in [0.3, 0.4) is 0 Å². The van der Waals surface area contributed by atoms with Crippen molar-refractivity contribution < 1.29 is 9.90 Å². The van der Waals surface area contributed by atoms with E-state index in [9.17, 15) is 4.79 Å². The van der Waals surface area contributed by atoms with Gasteiger partial charge in [0.1, 0.15) is 17.5 Å². The Morgan fingerprint density at radius 3 is 2.69 bits per heavy atom. The summed E-state index contributed by atoms with van der Waals surface area (Å²) in [5.41, 5.74) is 1.66. The average Bonchev–Trinajstić information content (AvgIpc) is 2.66. The monoisotopic (exact) mass is 351 g/mol. The van der Waals surface area contributed by atoms with Gasteiger partial charge >= 0.3 is 6.09 Å². The molecule has 3 heterocycles. The summed E-state index contributed by atoms with van der Waals surface area (Å²) in [5.74, 6) is 1.91. The molecule has 0 saturated carbocycles. The number of rotatable bonds is 7. The highest BCUT2D eigenvalue weighted by molar-refractivity contribution is 5.66. The molecule has 132 valence electrons. The van der Waals surface area contributed by atoms with Crippen LogP contribution in [-0.2, 0) is 0 Å².